The Bertz CT molecular complexity index is 593. The largest absolute Gasteiger partial charge is 0.352 e. The Morgan fingerprint density at radius 3 is 2.62 bits per heavy atom. The van der Waals surface area contributed by atoms with Gasteiger partial charge in [-0.1, -0.05) is 0 Å². The van der Waals surface area contributed by atoms with Gasteiger partial charge in [-0.15, -0.1) is 0 Å². The van der Waals surface area contributed by atoms with Crippen molar-refractivity contribution in [3.63, 3.8) is 0 Å². The minimum Gasteiger partial charge on any atom is -0.352 e. The molecule has 0 unspecified atom stereocenters. The van der Waals surface area contributed by atoms with Crippen LogP contribution in [0.3, 0.4) is 0 Å². The van der Waals surface area contributed by atoms with E-state index >= 15 is 0 Å². The number of anilines is 1. The summed E-state index contributed by atoms with van der Waals surface area (Å²) in [5.74, 6) is 3.27. The van der Waals surface area contributed by atoms with Crippen LogP contribution in [0.15, 0.2) is 18.5 Å². The molecular weight excluding hydrogens is 282 g/mol. The standard InChI is InChI=1S/C12H14F2N6O/c13-8-4-7(5-9(14)11(8)19-15)12(21)16-3-1-2-10-17-6-18-20-10/h4-6,19H,1-3,15H2,(H,16,21)(H,17,18,20). The zero-order valence-electron chi connectivity index (χ0n) is 11.0. The Kier molecular flexibility index (Phi) is 4.77. The Labute approximate surface area is 118 Å². The van der Waals surface area contributed by atoms with Crippen molar-refractivity contribution in [2.24, 2.45) is 5.84 Å². The number of hydrogen-bond acceptors (Lipinski definition) is 5. The number of carbonyl (C=O) groups excluding carboxylic acids is 1. The van der Waals surface area contributed by atoms with Crippen molar-refractivity contribution in [2.75, 3.05) is 12.0 Å². The third kappa shape index (κ3) is 3.72. The van der Waals surface area contributed by atoms with Gasteiger partial charge in [0.2, 0.25) is 0 Å². The summed E-state index contributed by atoms with van der Waals surface area (Å²) in [5, 5.41) is 8.96. The van der Waals surface area contributed by atoms with Crippen molar-refractivity contribution in [1.29, 1.82) is 0 Å². The van der Waals surface area contributed by atoms with Crippen molar-refractivity contribution in [3.8, 4) is 0 Å². The molecule has 0 spiro atoms. The van der Waals surface area contributed by atoms with Gasteiger partial charge in [0.1, 0.15) is 17.8 Å². The normalized spacial score (nSPS) is 10.4. The van der Waals surface area contributed by atoms with Crippen LogP contribution in [0.2, 0.25) is 0 Å². The highest BCUT2D eigenvalue weighted by Crippen LogP contribution is 2.19. The van der Waals surface area contributed by atoms with Gasteiger partial charge < -0.3 is 10.7 Å². The van der Waals surface area contributed by atoms with Gasteiger partial charge in [0.05, 0.1) is 0 Å². The fraction of sp³-hybridized carbons (Fsp3) is 0.250. The van der Waals surface area contributed by atoms with E-state index in [0.717, 1.165) is 12.1 Å². The number of aromatic amines is 1. The average molecular weight is 296 g/mol. The second-order valence-corrected chi connectivity index (χ2v) is 4.25. The molecular formula is C12H14F2N6O. The maximum atomic E-state index is 13.5. The minimum atomic E-state index is -0.927. The van der Waals surface area contributed by atoms with Crippen molar-refractivity contribution in [2.45, 2.75) is 12.8 Å². The molecule has 0 saturated carbocycles. The van der Waals surface area contributed by atoms with Crippen LogP contribution in [0.1, 0.15) is 22.6 Å². The number of benzene rings is 1. The molecule has 0 radical (unpaired) electrons. The van der Waals surface area contributed by atoms with E-state index in [0.29, 0.717) is 25.2 Å². The highest BCUT2D eigenvalue weighted by Gasteiger charge is 2.14. The number of carbonyl (C=O) groups is 1. The topological polar surface area (TPSA) is 109 Å². The van der Waals surface area contributed by atoms with E-state index in [1.807, 2.05) is 5.43 Å². The number of aryl methyl sites for hydroxylation is 1. The van der Waals surface area contributed by atoms with E-state index in [-0.39, 0.29) is 5.56 Å². The first-order valence-corrected chi connectivity index (χ1v) is 6.20. The predicted molar refractivity (Wildman–Crippen MR) is 71.2 cm³/mol. The number of H-pyrrole nitrogens is 1. The second-order valence-electron chi connectivity index (χ2n) is 4.25. The zero-order valence-corrected chi connectivity index (χ0v) is 11.0. The summed E-state index contributed by atoms with van der Waals surface area (Å²) in [6.07, 6.45) is 2.62. The number of amides is 1. The summed E-state index contributed by atoms with van der Waals surface area (Å²) in [6.45, 7) is 0.347. The van der Waals surface area contributed by atoms with Crippen LogP contribution in [0, 0.1) is 11.6 Å². The molecule has 0 aliphatic rings. The summed E-state index contributed by atoms with van der Waals surface area (Å²) >= 11 is 0. The molecule has 5 N–H and O–H groups in total. The summed E-state index contributed by atoms with van der Waals surface area (Å²) in [5.41, 5.74) is 1.32. The average Bonchev–Trinajstić information content (AvgIpc) is 2.96. The summed E-state index contributed by atoms with van der Waals surface area (Å²) in [7, 11) is 0. The fourth-order valence-electron chi connectivity index (χ4n) is 1.75. The quantitative estimate of drug-likeness (QED) is 0.357. The Morgan fingerprint density at radius 2 is 2.05 bits per heavy atom. The number of aromatic nitrogens is 3. The fourth-order valence-corrected chi connectivity index (χ4v) is 1.75. The lowest BCUT2D eigenvalue weighted by molar-refractivity contribution is 0.0952. The van der Waals surface area contributed by atoms with Gasteiger partial charge in [-0.3, -0.25) is 15.7 Å². The lowest BCUT2D eigenvalue weighted by atomic mass is 10.1. The van der Waals surface area contributed by atoms with Crippen LogP contribution in [-0.2, 0) is 6.42 Å². The lowest BCUT2D eigenvalue weighted by Gasteiger charge is -2.08. The van der Waals surface area contributed by atoms with E-state index in [1.54, 1.807) is 0 Å². The number of halogens is 2. The van der Waals surface area contributed by atoms with Crippen LogP contribution < -0.4 is 16.6 Å². The van der Waals surface area contributed by atoms with Crippen molar-refractivity contribution >= 4 is 11.6 Å². The molecule has 0 atom stereocenters. The molecule has 0 aliphatic heterocycles. The molecule has 9 heteroatoms. The lowest BCUT2D eigenvalue weighted by Crippen LogP contribution is -2.25. The zero-order chi connectivity index (χ0) is 15.2. The van der Waals surface area contributed by atoms with Crippen LogP contribution in [0.25, 0.3) is 0 Å². The summed E-state index contributed by atoms with van der Waals surface area (Å²) in [6, 6.07) is 1.84. The number of nitrogens with zero attached hydrogens (tertiary/aromatic N) is 2. The molecule has 2 aromatic rings. The number of rotatable bonds is 6. The Balaban J connectivity index is 1.88. The molecule has 2 rings (SSSR count). The number of nitrogen functional groups attached to an aromatic ring is 1. The molecule has 0 bridgehead atoms. The molecule has 7 nitrogen and oxygen atoms in total. The van der Waals surface area contributed by atoms with Gasteiger partial charge in [0, 0.05) is 18.5 Å². The molecule has 21 heavy (non-hydrogen) atoms. The van der Waals surface area contributed by atoms with Gasteiger partial charge in [-0.2, -0.15) is 5.10 Å². The first kappa shape index (κ1) is 14.9. The molecule has 1 aromatic carbocycles. The maximum Gasteiger partial charge on any atom is 0.251 e. The Hall–Kier alpha value is -2.55. The molecule has 1 aromatic heterocycles. The van der Waals surface area contributed by atoms with Crippen molar-refractivity contribution < 1.29 is 13.6 Å². The van der Waals surface area contributed by atoms with Gasteiger partial charge in [-0.25, -0.2) is 13.8 Å². The first-order chi connectivity index (χ1) is 10.1. The minimum absolute atomic E-state index is 0.108. The number of hydrogen-bond donors (Lipinski definition) is 4. The van der Waals surface area contributed by atoms with Crippen LogP contribution >= 0.6 is 0 Å². The summed E-state index contributed by atoms with van der Waals surface area (Å²) < 4.78 is 26.9. The summed E-state index contributed by atoms with van der Waals surface area (Å²) in [4.78, 5) is 15.7. The third-order valence-corrected chi connectivity index (χ3v) is 2.79. The van der Waals surface area contributed by atoms with Crippen LogP contribution in [0.4, 0.5) is 14.5 Å². The second kappa shape index (κ2) is 6.75. The smallest absolute Gasteiger partial charge is 0.251 e. The molecule has 112 valence electrons. The third-order valence-electron chi connectivity index (χ3n) is 2.79. The van der Waals surface area contributed by atoms with E-state index in [9.17, 15) is 13.6 Å². The maximum absolute atomic E-state index is 13.5. The van der Waals surface area contributed by atoms with Crippen LogP contribution in [-0.4, -0.2) is 27.6 Å². The first-order valence-electron chi connectivity index (χ1n) is 6.20. The number of nitrogens with one attached hydrogen (secondary N) is 3. The molecule has 0 fully saturated rings. The molecule has 0 aliphatic carbocycles. The SMILES string of the molecule is NNc1c(F)cc(C(=O)NCCCc2ncn[nH]2)cc1F. The van der Waals surface area contributed by atoms with Gasteiger partial charge in [-0.05, 0) is 18.6 Å². The predicted octanol–water partition coefficient (Wildman–Crippen LogP) is 0.731. The van der Waals surface area contributed by atoms with Gasteiger partial charge >= 0.3 is 0 Å². The molecule has 0 saturated heterocycles. The van der Waals surface area contributed by atoms with Gasteiger partial charge in [0.15, 0.2) is 11.6 Å². The van der Waals surface area contributed by atoms with E-state index in [1.165, 1.54) is 6.33 Å². The number of hydrazine groups is 1. The van der Waals surface area contributed by atoms with E-state index in [4.69, 9.17) is 5.84 Å². The van der Waals surface area contributed by atoms with E-state index < -0.39 is 23.2 Å². The Morgan fingerprint density at radius 1 is 1.33 bits per heavy atom. The van der Waals surface area contributed by atoms with E-state index in [2.05, 4.69) is 20.5 Å². The van der Waals surface area contributed by atoms with Crippen molar-refractivity contribution in [3.05, 3.63) is 41.5 Å². The van der Waals surface area contributed by atoms with Gasteiger partial charge in [0.25, 0.3) is 5.91 Å². The monoisotopic (exact) mass is 296 g/mol. The highest BCUT2D eigenvalue weighted by molar-refractivity contribution is 5.94. The van der Waals surface area contributed by atoms with Crippen molar-refractivity contribution in [1.82, 2.24) is 20.5 Å². The molecule has 1 heterocycles. The molecule has 1 amide bonds. The number of nitrogens with two attached hydrogens (primary N) is 1. The van der Waals surface area contributed by atoms with Crippen LogP contribution in [0.5, 0.6) is 0 Å². The highest BCUT2D eigenvalue weighted by atomic mass is 19.1.